The highest BCUT2D eigenvalue weighted by Crippen LogP contribution is 2.38. The average Bonchev–Trinajstić information content (AvgIpc) is 2.39. The molecule has 0 aliphatic carbocycles. The molecule has 2 saturated heterocycles. The molecule has 2 aliphatic heterocycles. The smallest absolute Gasteiger partial charge is 0.264 e. The Morgan fingerprint density at radius 2 is 1.48 bits per heavy atom. The van der Waals surface area contributed by atoms with Crippen molar-refractivity contribution in [2.45, 2.75) is 72.3 Å². The van der Waals surface area contributed by atoms with Crippen molar-refractivity contribution in [3.8, 4) is 0 Å². The normalized spacial score (nSPS) is 29.0. The van der Waals surface area contributed by atoms with E-state index in [0.29, 0.717) is 18.4 Å². The highest BCUT2D eigenvalue weighted by atomic mass is 19.3. The molecule has 1 unspecified atom stereocenters. The molecule has 2 aliphatic rings. The third-order valence-corrected chi connectivity index (χ3v) is 5.99. The Labute approximate surface area is 141 Å². The maximum absolute atomic E-state index is 14.6. The maximum atomic E-state index is 14.6. The zero-order valence-electron chi connectivity index (χ0n) is 16.0. The monoisotopic (exact) mass is 330 g/mol. The van der Waals surface area contributed by atoms with Gasteiger partial charge < -0.3 is 4.90 Å². The number of rotatable bonds is 2. The topological polar surface area (TPSA) is 6.48 Å². The Balaban J connectivity index is 1.87. The van der Waals surface area contributed by atoms with Gasteiger partial charge in [0, 0.05) is 18.0 Å². The number of hydrogen-bond acceptors (Lipinski definition) is 2. The minimum Gasteiger partial charge on any atom is -0.303 e. The molecular formula is C19H36F2N2. The van der Waals surface area contributed by atoms with E-state index in [4.69, 9.17) is 0 Å². The first-order chi connectivity index (χ1) is 10.4. The fraction of sp³-hybridized carbons (Fsp3) is 1.00. The summed E-state index contributed by atoms with van der Waals surface area (Å²) in [6.07, 6.45) is 2.91. The van der Waals surface area contributed by atoms with Crippen molar-refractivity contribution in [2.24, 2.45) is 17.3 Å². The van der Waals surface area contributed by atoms with Gasteiger partial charge in [-0.05, 0) is 71.0 Å². The van der Waals surface area contributed by atoms with Crippen molar-refractivity contribution < 1.29 is 8.78 Å². The average molecular weight is 331 g/mol. The Morgan fingerprint density at radius 1 is 0.913 bits per heavy atom. The van der Waals surface area contributed by atoms with Crippen molar-refractivity contribution >= 4 is 0 Å². The van der Waals surface area contributed by atoms with E-state index in [9.17, 15) is 8.78 Å². The van der Waals surface area contributed by atoms with E-state index in [2.05, 4.69) is 25.7 Å². The van der Waals surface area contributed by atoms with Crippen LogP contribution in [-0.2, 0) is 0 Å². The standard InChI is InChI=1S/C19H36F2N2/c1-17(2,3)15-7-10-22(11-8-15)13-16-9-12-23(18(4,5)6)14-19(16,20)21/h15-16H,7-14H2,1-6H3. The van der Waals surface area contributed by atoms with Crippen LogP contribution in [0.1, 0.15) is 60.8 Å². The molecule has 0 N–H and O–H groups in total. The summed E-state index contributed by atoms with van der Waals surface area (Å²) in [4.78, 5) is 4.23. The highest BCUT2D eigenvalue weighted by molar-refractivity contribution is 4.93. The first-order valence-electron chi connectivity index (χ1n) is 9.25. The molecule has 2 heterocycles. The van der Waals surface area contributed by atoms with Crippen molar-refractivity contribution in [1.29, 1.82) is 0 Å². The summed E-state index contributed by atoms with van der Waals surface area (Å²) in [5.41, 5.74) is 0.174. The van der Waals surface area contributed by atoms with Gasteiger partial charge in [-0.25, -0.2) is 8.78 Å². The molecule has 0 aromatic carbocycles. The minimum atomic E-state index is -2.56. The first-order valence-corrected chi connectivity index (χ1v) is 9.25. The summed E-state index contributed by atoms with van der Waals surface area (Å²) in [6, 6.07) is 0. The Bertz CT molecular complexity index is 387. The van der Waals surface area contributed by atoms with Gasteiger partial charge in [0.2, 0.25) is 0 Å². The van der Waals surface area contributed by atoms with Crippen LogP contribution in [0.15, 0.2) is 0 Å². The summed E-state index contributed by atoms with van der Waals surface area (Å²) in [5, 5.41) is 0. The lowest BCUT2D eigenvalue weighted by atomic mass is 9.75. The van der Waals surface area contributed by atoms with Gasteiger partial charge >= 0.3 is 0 Å². The fourth-order valence-corrected chi connectivity index (χ4v) is 4.08. The van der Waals surface area contributed by atoms with Crippen LogP contribution in [0.2, 0.25) is 0 Å². The number of nitrogens with zero attached hydrogens (tertiary/aromatic N) is 2. The minimum absolute atomic E-state index is 0.0837. The second-order valence-corrected chi connectivity index (χ2v) is 9.78. The van der Waals surface area contributed by atoms with Gasteiger partial charge in [0.25, 0.3) is 5.92 Å². The van der Waals surface area contributed by atoms with Crippen LogP contribution in [0, 0.1) is 17.3 Å². The molecular weight excluding hydrogens is 294 g/mol. The van der Waals surface area contributed by atoms with Gasteiger partial charge in [-0.2, -0.15) is 0 Å². The van der Waals surface area contributed by atoms with Gasteiger partial charge in [0.05, 0.1) is 6.54 Å². The molecule has 0 aromatic rings. The van der Waals surface area contributed by atoms with Crippen LogP contribution < -0.4 is 0 Å². The molecule has 2 fully saturated rings. The third-order valence-electron chi connectivity index (χ3n) is 5.99. The van der Waals surface area contributed by atoms with Crippen LogP contribution >= 0.6 is 0 Å². The quantitative estimate of drug-likeness (QED) is 0.735. The predicted molar refractivity (Wildman–Crippen MR) is 93.0 cm³/mol. The van der Waals surface area contributed by atoms with Crippen LogP contribution in [0.25, 0.3) is 0 Å². The molecule has 2 rings (SSSR count). The fourth-order valence-electron chi connectivity index (χ4n) is 4.08. The number of alkyl halides is 2. The summed E-state index contributed by atoms with van der Waals surface area (Å²) in [5.74, 6) is -2.32. The van der Waals surface area contributed by atoms with Crippen LogP contribution in [-0.4, -0.2) is 54.0 Å². The van der Waals surface area contributed by atoms with E-state index in [1.807, 2.05) is 25.7 Å². The molecule has 23 heavy (non-hydrogen) atoms. The molecule has 0 amide bonds. The van der Waals surface area contributed by atoms with E-state index in [0.717, 1.165) is 38.4 Å². The van der Waals surface area contributed by atoms with Crippen molar-refractivity contribution in [3.05, 3.63) is 0 Å². The molecule has 0 spiro atoms. The zero-order valence-corrected chi connectivity index (χ0v) is 16.0. The van der Waals surface area contributed by atoms with E-state index >= 15 is 0 Å². The molecule has 2 nitrogen and oxygen atoms in total. The summed E-state index contributed by atoms with van der Waals surface area (Å²) < 4.78 is 29.2. The molecule has 4 heteroatoms. The second-order valence-electron chi connectivity index (χ2n) is 9.78. The van der Waals surface area contributed by atoms with Crippen molar-refractivity contribution in [3.63, 3.8) is 0 Å². The van der Waals surface area contributed by atoms with Gasteiger partial charge in [-0.15, -0.1) is 0 Å². The summed E-state index contributed by atoms with van der Waals surface area (Å²) in [7, 11) is 0. The molecule has 136 valence electrons. The van der Waals surface area contributed by atoms with E-state index in [-0.39, 0.29) is 12.1 Å². The Hall–Kier alpha value is -0.220. The first kappa shape index (κ1) is 19.1. The SMILES string of the molecule is CC(C)(C)C1CCN(CC2CCN(C(C)(C)C)CC2(F)F)CC1. The largest absolute Gasteiger partial charge is 0.303 e. The Kier molecular flexibility index (Phi) is 5.47. The molecule has 0 aromatic heterocycles. The van der Waals surface area contributed by atoms with E-state index in [1.54, 1.807) is 0 Å². The number of hydrogen-bond donors (Lipinski definition) is 0. The van der Waals surface area contributed by atoms with Crippen molar-refractivity contribution in [1.82, 2.24) is 9.80 Å². The lowest BCUT2D eigenvalue weighted by Crippen LogP contribution is -2.57. The van der Waals surface area contributed by atoms with Gasteiger partial charge in [0.15, 0.2) is 0 Å². The maximum Gasteiger partial charge on any atom is 0.264 e. The van der Waals surface area contributed by atoms with Crippen LogP contribution in [0.5, 0.6) is 0 Å². The third kappa shape index (κ3) is 4.88. The van der Waals surface area contributed by atoms with Gasteiger partial charge in [-0.1, -0.05) is 20.8 Å². The van der Waals surface area contributed by atoms with E-state index < -0.39 is 11.8 Å². The number of piperidine rings is 2. The zero-order chi connectivity index (χ0) is 17.5. The highest BCUT2D eigenvalue weighted by Gasteiger charge is 2.47. The van der Waals surface area contributed by atoms with Crippen LogP contribution in [0.4, 0.5) is 8.78 Å². The molecule has 0 saturated carbocycles. The van der Waals surface area contributed by atoms with E-state index in [1.165, 1.54) is 0 Å². The lowest BCUT2D eigenvalue weighted by Gasteiger charge is -2.46. The molecule has 0 bridgehead atoms. The summed E-state index contributed by atoms with van der Waals surface area (Å²) >= 11 is 0. The van der Waals surface area contributed by atoms with Crippen molar-refractivity contribution in [2.75, 3.05) is 32.7 Å². The number of likely N-dealkylation sites (tertiary alicyclic amines) is 2. The number of halogens is 2. The lowest BCUT2D eigenvalue weighted by molar-refractivity contribution is -0.136. The predicted octanol–water partition coefficient (Wildman–Crippen LogP) is 4.50. The van der Waals surface area contributed by atoms with Crippen LogP contribution in [0.3, 0.4) is 0 Å². The Morgan fingerprint density at radius 3 is 1.91 bits per heavy atom. The second kappa shape index (κ2) is 6.59. The molecule has 0 radical (unpaired) electrons. The van der Waals surface area contributed by atoms with Gasteiger partial charge in [-0.3, -0.25) is 4.90 Å². The summed E-state index contributed by atoms with van der Waals surface area (Å²) in [6.45, 7) is 16.2. The molecule has 1 atom stereocenters. The van der Waals surface area contributed by atoms with Gasteiger partial charge in [0.1, 0.15) is 0 Å².